The second-order valence-corrected chi connectivity index (χ2v) is 5.21. The van der Waals surface area contributed by atoms with Gasteiger partial charge in [0.1, 0.15) is 6.07 Å². The summed E-state index contributed by atoms with van der Waals surface area (Å²) in [5, 5.41) is 12.1. The smallest absolute Gasteiger partial charge is 0.161 e. The Morgan fingerprint density at radius 2 is 1.95 bits per heavy atom. The van der Waals surface area contributed by atoms with Crippen molar-refractivity contribution in [1.29, 1.82) is 5.26 Å². The third-order valence-corrected chi connectivity index (χ3v) is 3.92. The maximum absolute atomic E-state index is 14.2. The summed E-state index contributed by atoms with van der Waals surface area (Å²) in [5.74, 6) is -0.432. The molecule has 0 spiro atoms. The number of rotatable bonds is 4. The van der Waals surface area contributed by atoms with E-state index >= 15 is 0 Å². The molecule has 0 fully saturated rings. The minimum atomic E-state index is -0.432. The van der Waals surface area contributed by atoms with E-state index in [2.05, 4.69) is 21.2 Å². The van der Waals surface area contributed by atoms with E-state index in [1.165, 1.54) is 0 Å². The van der Waals surface area contributed by atoms with Gasteiger partial charge < -0.3 is 5.32 Å². The van der Waals surface area contributed by atoms with E-state index in [4.69, 9.17) is 5.26 Å². The minimum Gasteiger partial charge on any atom is -0.376 e. The van der Waals surface area contributed by atoms with Crippen molar-refractivity contribution in [1.82, 2.24) is 0 Å². The Morgan fingerprint density at radius 3 is 2.55 bits per heavy atom. The Hall–Kier alpha value is -1.86. The van der Waals surface area contributed by atoms with E-state index in [9.17, 15) is 4.39 Å². The summed E-state index contributed by atoms with van der Waals surface area (Å²) in [6, 6.07) is 15.1. The summed E-state index contributed by atoms with van der Waals surface area (Å²) in [6.45, 7) is 2.04. The number of anilines is 1. The number of nitrogens with zero attached hydrogens (tertiary/aromatic N) is 1. The zero-order valence-corrected chi connectivity index (χ0v) is 12.6. The number of halogens is 2. The highest BCUT2D eigenvalue weighted by Gasteiger charge is 2.15. The second-order valence-electron chi connectivity index (χ2n) is 4.42. The van der Waals surface area contributed by atoms with Gasteiger partial charge in [0, 0.05) is 0 Å². The standard InChI is InChI=1S/C16H14BrFN2/c1-2-13(11-6-4-3-5-7-11)20-14-9-8-12(10-19)15(17)16(14)18/h3-9,13,20H,2H2,1H3. The lowest BCUT2D eigenvalue weighted by Crippen LogP contribution is -2.11. The highest BCUT2D eigenvalue weighted by atomic mass is 79.9. The predicted octanol–water partition coefficient (Wildman–Crippen LogP) is 5.02. The molecule has 0 saturated heterocycles. The van der Waals surface area contributed by atoms with Gasteiger partial charge in [-0.2, -0.15) is 5.26 Å². The first-order valence-electron chi connectivity index (χ1n) is 6.37. The maximum Gasteiger partial charge on any atom is 0.161 e. The van der Waals surface area contributed by atoms with Gasteiger partial charge in [-0.15, -0.1) is 0 Å². The first-order chi connectivity index (χ1) is 9.67. The predicted molar refractivity (Wildman–Crippen MR) is 81.9 cm³/mol. The number of nitrogens with one attached hydrogen (secondary N) is 1. The fraction of sp³-hybridized carbons (Fsp3) is 0.188. The van der Waals surface area contributed by atoms with Crippen LogP contribution >= 0.6 is 15.9 Å². The lowest BCUT2D eigenvalue weighted by Gasteiger charge is -2.19. The summed E-state index contributed by atoms with van der Waals surface area (Å²) in [6.07, 6.45) is 0.834. The lowest BCUT2D eigenvalue weighted by molar-refractivity contribution is 0.617. The molecule has 1 N–H and O–H groups in total. The molecule has 0 saturated carbocycles. The molecule has 4 heteroatoms. The minimum absolute atomic E-state index is 0.0329. The molecule has 0 aliphatic carbocycles. The molecular formula is C16H14BrFN2. The van der Waals surface area contributed by atoms with Crippen LogP contribution in [0.25, 0.3) is 0 Å². The maximum atomic E-state index is 14.2. The molecule has 0 heterocycles. The Labute approximate surface area is 126 Å². The monoisotopic (exact) mass is 332 g/mol. The van der Waals surface area contributed by atoms with Crippen LogP contribution in [0.3, 0.4) is 0 Å². The molecule has 1 unspecified atom stereocenters. The zero-order valence-electron chi connectivity index (χ0n) is 11.0. The van der Waals surface area contributed by atoms with Crippen LogP contribution in [0.5, 0.6) is 0 Å². The molecule has 2 rings (SSSR count). The van der Waals surface area contributed by atoms with Crippen molar-refractivity contribution in [3.05, 3.63) is 63.9 Å². The highest BCUT2D eigenvalue weighted by molar-refractivity contribution is 9.10. The van der Waals surface area contributed by atoms with Gasteiger partial charge >= 0.3 is 0 Å². The van der Waals surface area contributed by atoms with E-state index in [1.54, 1.807) is 12.1 Å². The summed E-state index contributed by atoms with van der Waals surface area (Å²) >= 11 is 3.12. The molecule has 2 nitrogen and oxygen atoms in total. The fourth-order valence-corrected chi connectivity index (χ4v) is 2.48. The summed E-state index contributed by atoms with van der Waals surface area (Å²) in [5.41, 5.74) is 1.79. The molecule has 0 aromatic heterocycles. The highest BCUT2D eigenvalue weighted by Crippen LogP contribution is 2.30. The average molecular weight is 333 g/mol. The van der Waals surface area contributed by atoms with Gasteiger partial charge in [-0.1, -0.05) is 37.3 Å². The van der Waals surface area contributed by atoms with E-state index in [0.29, 0.717) is 11.3 Å². The van der Waals surface area contributed by atoms with Crippen LogP contribution in [0, 0.1) is 17.1 Å². The van der Waals surface area contributed by atoms with Crippen LogP contribution in [0.1, 0.15) is 30.5 Å². The van der Waals surface area contributed by atoms with Crippen LogP contribution in [-0.4, -0.2) is 0 Å². The molecule has 0 bridgehead atoms. The van der Waals surface area contributed by atoms with Crippen LogP contribution in [0.2, 0.25) is 0 Å². The van der Waals surface area contributed by atoms with Gasteiger partial charge in [0.2, 0.25) is 0 Å². The van der Waals surface area contributed by atoms with Crippen molar-refractivity contribution in [3.63, 3.8) is 0 Å². The first kappa shape index (κ1) is 14.5. The topological polar surface area (TPSA) is 35.8 Å². The molecule has 0 amide bonds. The molecule has 2 aromatic carbocycles. The van der Waals surface area contributed by atoms with Crippen molar-refractivity contribution < 1.29 is 4.39 Å². The molecular weight excluding hydrogens is 319 g/mol. The second kappa shape index (κ2) is 6.53. The van der Waals surface area contributed by atoms with Gasteiger partial charge in [0.05, 0.1) is 21.8 Å². The number of nitriles is 1. The Kier molecular flexibility index (Phi) is 4.75. The SMILES string of the molecule is CCC(Nc1ccc(C#N)c(Br)c1F)c1ccccc1. The van der Waals surface area contributed by atoms with Gasteiger partial charge in [-0.25, -0.2) is 4.39 Å². The molecule has 2 aromatic rings. The van der Waals surface area contributed by atoms with Crippen LogP contribution in [0.15, 0.2) is 46.9 Å². The van der Waals surface area contributed by atoms with Crippen molar-refractivity contribution in [2.24, 2.45) is 0 Å². The van der Waals surface area contributed by atoms with E-state index in [-0.39, 0.29) is 10.5 Å². The third kappa shape index (κ3) is 3.00. The Balaban J connectivity index is 2.30. The Morgan fingerprint density at radius 1 is 1.25 bits per heavy atom. The van der Waals surface area contributed by atoms with Gasteiger partial charge in [0.15, 0.2) is 5.82 Å². The van der Waals surface area contributed by atoms with E-state index < -0.39 is 5.82 Å². The van der Waals surface area contributed by atoms with E-state index in [1.807, 2.05) is 43.3 Å². The summed E-state index contributed by atoms with van der Waals surface area (Å²) in [7, 11) is 0. The molecule has 0 aliphatic rings. The number of benzene rings is 2. The van der Waals surface area contributed by atoms with Crippen LogP contribution in [-0.2, 0) is 0 Å². The molecule has 0 aliphatic heterocycles. The number of hydrogen-bond acceptors (Lipinski definition) is 2. The normalized spacial score (nSPS) is 11.7. The van der Waals surface area contributed by atoms with Crippen molar-refractivity contribution in [3.8, 4) is 6.07 Å². The zero-order chi connectivity index (χ0) is 14.5. The van der Waals surface area contributed by atoms with Gasteiger partial charge in [-0.05, 0) is 40.0 Å². The van der Waals surface area contributed by atoms with E-state index in [0.717, 1.165) is 12.0 Å². The Bertz CT molecular complexity index is 635. The van der Waals surface area contributed by atoms with Crippen LogP contribution in [0.4, 0.5) is 10.1 Å². The van der Waals surface area contributed by atoms with Crippen molar-refractivity contribution >= 4 is 21.6 Å². The third-order valence-electron chi connectivity index (χ3n) is 3.14. The molecule has 102 valence electrons. The first-order valence-corrected chi connectivity index (χ1v) is 7.16. The van der Waals surface area contributed by atoms with Gasteiger partial charge in [0.25, 0.3) is 0 Å². The van der Waals surface area contributed by atoms with Crippen molar-refractivity contribution in [2.75, 3.05) is 5.32 Å². The van der Waals surface area contributed by atoms with Gasteiger partial charge in [-0.3, -0.25) is 0 Å². The van der Waals surface area contributed by atoms with Crippen molar-refractivity contribution in [2.45, 2.75) is 19.4 Å². The lowest BCUT2D eigenvalue weighted by atomic mass is 10.0. The summed E-state index contributed by atoms with van der Waals surface area (Å²) < 4.78 is 14.4. The largest absolute Gasteiger partial charge is 0.376 e. The molecule has 1 atom stereocenters. The number of hydrogen-bond donors (Lipinski definition) is 1. The summed E-state index contributed by atoms with van der Waals surface area (Å²) in [4.78, 5) is 0. The van der Waals surface area contributed by atoms with Crippen LogP contribution < -0.4 is 5.32 Å². The molecule has 0 radical (unpaired) electrons. The quantitative estimate of drug-likeness (QED) is 0.852. The average Bonchev–Trinajstić information content (AvgIpc) is 2.50. The fourth-order valence-electron chi connectivity index (χ4n) is 2.04. The molecule has 20 heavy (non-hydrogen) atoms.